The van der Waals surface area contributed by atoms with Gasteiger partial charge in [-0.1, -0.05) is 54.6 Å². The maximum atomic E-state index is 14.1. The van der Waals surface area contributed by atoms with Gasteiger partial charge in [-0.15, -0.1) is 0 Å². The number of fused-ring (bicyclic) bond motifs is 1. The third-order valence-corrected chi connectivity index (χ3v) is 5.48. The van der Waals surface area contributed by atoms with Gasteiger partial charge in [-0.05, 0) is 35.9 Å². The highest BCUT2D eigenvalue weighted by atomic mass is 19.4. The Hall–Kier alpha value is -4.20. The Bertz CT molecular complexity index is 1510. The van der Waals surface area contributed by atoms with Gasteiger partial charge in [-0.25, -0.2) is 8.78 Å². The van der Waals surface area contributed by atoms with Gasteiger partial charge in [0, 0.05) is 17.0 Å². The van der Waals surface area contributed by atoms with Crippen LogP contribution in [0.15, 0.2) is 91.0 Å². The van der Waals surface area contributed by atoms with Crippen molar-refractivity contribution >= 4 is 10.9 Å². The Labute approximate surface area is 197 Å². The number of aromatic nitrogens is 2. The quantitative estimate of drug-likeness (QED) is 0.240. The molecule has 0 saturated heterocycles. The second kappa shape index (κ2) is 8.87. The van der Waals surface area contributed by atoms with Crippen LogP contribution in [0.4, 0.5) is 22.0 Å². The molecule has 176 valence electrons. The lowest BCUT2D eigenvalue weighted by molar-refractivity contribution is -0.136. The summed E-state index contributed by atoms with van der Waals surface area (Å²) in [6.07, 6.45) is -4.58. The Balaban J connectivity index is 1.65. The van der Waals surface area contributed by atoms with Gasteiger partial charge in [0.2, 0.25) is 0 Å². The van der Waals surface area contributed by atoms with E-state index in [1.165, 1.54) is 10.7 Å². The fourth-order valence-electron chi connectivity index (χ4n) is 3.95. The average Bonchev–Trinajstić information content (AvgIpc) is 3.19. The fourth-order valence-corrected chi connectivity index (χ4v) is 3.95. The molecule has 5 aromatic rings. The molecule has 0 aliphatic rings. The number of halogens is 5. The van der Waals surface area contributed by atoms with Crippen molar-refractivity contribution in [2.45, 2.75) is 12.7 Å². The molecule has 35 heavy (non-hydrogen) atoms. The van der Waals surface area contributed by atoms with Gasteiger partial charge in [-0.3, -0.25) is 4.68 Å². The molecule has 0 N–H and O–H groups in total. The summed E-state index contributed by atoms with van der Waals surface area (Å²) in [4.78, 5) is 0. The molecular formula is C27H17F5N2O. The van der Waals surface area contributed by atoms with E-state index >= 15 is 0 Å². The summed E-state index contributed by atoms with van der Waals surface area (Å²) in [6, 6.07) is 22.4. The average molecular weight is 480 g/mol. The highest BCUT2D eigenvalue weighted by molar-refractivity contribution is 5.95. The second-order valence-electron chi connectivity index (χ2n) is 7.90. The van der Waals surface area contributed by atoms with Crippen LogP contribution in [0.25, 0.3) is 22.2 Å². The minimum atomic E-state index is -4.58. The molecule has 1 heterocycles. The van der Waals surface area contributed by atoms with Gasteiger partial charge >= 0.3 is 6.18 Å². The van der Waals surface area contributed by atoms with Gasteiger partial charge in [-0.2, -0.15) is 18.3 Å². The summed E-state index contributed by atoms with van der Waals surface area (Å²) in [5.41, 5.74) is 0.798. The highest BCUT2D eigenvalue weighted by Crippen LogP contribution is 2.39. The number of ether oxygens (including phenoxy) is 1. The zero-order chi connectivity index (χ0) is 24.6. The number of hydrogen-bond acceptors (Lipinski definition) is 2. The van der Waals surface area contributed by atoms with Crippen LogP contribution in [0.5, 0.6) is 11.5 Å². The predicted octanol–water partition coefficient (Wildman–Crippen LogP) is 7.84. The molecule has 4 aromatic carbocycles. The lowest BCUT2D eigenvalue weighted by atomic mass is 10.0. The number of nitrogens with zero attached hydrogens (tertiary/aromatic N) is 2. The minimum Gasteiger partial charge on any atom is -0.454 e. The van der Waals surface area contributed by atoms with Gasteiger partial charge < -0.3 is 4.74 Å². The maximum Gasteiger partial charge on any atom is 0.418 e. The summed E-state index contributed by atoms with van der Waals surface area (Å²) in [7, 11) is 0. The van der Waals surface area contributed by atoms with Crippen LogP contribution in [0.3, 0.4) is 0 Å². The standard InChI is InChI=1S/C27H17F5N2O/c28-19-12-13-23(29)24(15-19)35-20-9-4-8-18(14-20)26-21-10-5-11-22(27(30,31)32)25(21)33-34(26)16-17-6-2-1-3-7-17/h1-15H,16H2. The molecule has 0 radical (unpaired) electrons. The molecule has 3 nitrogen and oxygen atoms in total. The molecule has 0 fully saturated rings. The van der Waals surface area contributed by atoms with Crippen molar-refractivity contribution in [1.29, 1.82) is 0 Å². The monoisotopic (exact) mass is 480 g/mol. The van der Waals surface area contributed by atoms with E-state index in [0.29, 0.717) is 16.6 Å². The van der Waals surface area contributed by atoms with E-state index in [-0.39, 0.29) is 23.6 Å². The Morgan fingerprint density at radius 3 is 2.34 bits per heavy atom. The summed E-state index contributed by atoms with van der Waals surface area (Å²) in [6.45, 7) is 0.228. The van der Waals surface area contributed by atoms with Crippen molar-refractivity contribution in [1.82, 2.24) is 9.78 Å². The third kappa shape index (κ3) is 4.59. The van der Waals surface area contributed by atoms with Crippen molar-refractivity contribution in [2.75, 3.05) is 0 Å². The molecular weight excluding hydrogens is 463 g/mol. The van der Waals surface area contributed by atoms with E-state index in [0.717, 1.165) is 29.8 Å². The first-order valence-corrected chi connectivity index (χ1v) is 10.6. The van der Waals surface area contributed by atoms with E-state index in [2.05, 4.69) is 5.10 Å². The molecule has 1 aromatic heterocycles. The van der Waals surface area contributed by atoms with Crippen molar-refractivity contribution in [3.63, 3.8) is 0 Å². The van der Waals surface area contributed by atoms with Crippen LogP contribution < -0.4 is 4.74 Å². The third-order valence-electron chi connectivity index (χ3n) is 5.48. The topological polar surface area (TPSA) is 27.1 Å². The zero-order valence-corrected chi connectivity index (χ0v) is 18.1. The zero-order valence-electron chi connectivity index (χ0n) is 18.1. The van der Waals surface area contributed by atoms with E-state index in [1.807, 2.05) is 30.3 Å². The SMILES string of the molecule is Fc1ccc(F)c(Oc2cccc(-c3c4cccc(C(F)(F)F)c4nn3Cc3ccccc3)c2)c1. The summed E-state index contributed by atoms with van der Waals surface area (Å²) < 4.78 is 75.9. The molecule has 0 aliphatic carbocycles. The molecule has 0 bridgehead atoms. The lowest BCUT2D eigenvalue weighted by Gasteiger charge is -2.11. The molecule has 5 rings (SSSR count). The van der Waals surface area contributed by atoms with Gasteiger partial charge in [0.15, 0.2) is 11.6 Å². The van der Waals surface area contributed by atoms with Crippen molar-refractivity contribution in [3.8, 4) is 22.8 Å². The summed E-state index contributed by atoms with van der Waals surface area (Å²) in [5, 5.41) is 4.65. The Morgan fingerprint density at radius 2 is 1.57 bits per heavy atom. The minimum absolute atomic E-state index is 0.173. The molecule has 0 spiro atoms. The van der Waals surface area contributed by atoms with Crippen LogP contribution >= 0.6 is 0 Å². The number of hydrogen-bond donors (Lipinski definition) is 0. The molecule has 0 unspecified atom stereocenters. The fraction of sp³-hybridized carbons (Fsp3) is 0.0741. The van der Waals surface area contributed by atoms with Gasteiger partial charge in [0.25, 0.3) is 0 Å². The van der Waals surface area contributed by atoms with E-state index in [4.69, 9.17) is 4.74 Å². The Morgan fingerprint density at radius 1 is 0.800 bits per heavy atom. The smallest absolute Gasteiger partial charge is 0.418 e. The van der Waals surface area contributed by atoms with E-state index < -0.39 is 23.4 Å². The number of rotatable bonds is 5. The summed E-state index contributed by atoms with van der Waals surface area (Å²) in [5.74, 6) is -1.51. The van der Waals surface area contributed by atoms with E-state index in [1.54, 1.807) is 30.3 Å². The number of benzene rings is 4. The lowest BCUT2D eigenvalue weighted by Crippen LogP contribution is -2.06. The molecule has 0 amide bonds. The first kappa shape index (κ1) is 22.6. The van der Waals surface area contributed by atoms with Crippen LogP contribution in [-0.2, 0) is 12.7 Å². The van der Waals surface area contributed by atoms with E-state index in [9.17, 15) is 22.0 Å². The predicted molar refractivity (Wildman–Crippen MR) is 122 cm³/mol. The molecule has 8 heteroatoms. The largest absolute Gasteiger partial charge is 0.454 e. The highest BCUT2D eigenvalue weighted by Gasteiger charge is 2.34. The Kier molecular flexibility index (Phi) is 5.72. The van der Waals surface area contributed by atoms with Gasteiger partial charge in [0.1, 0.15) is 17.1 Å². The van der Waals surface area contributed by atoms with Crippen LogP contribution in [0.2, 0.25) is 0 Å². The maximum absolute atomic E-state index is 14.1. The van der Waals surface area contributed by atoms with Crippen LogP contribution in [-0.4, -0.2) is 9.78 Å². The molecule has 0 saturated carbocycles. The normalized spacial score (nSPS) is 11.7. The molecule has 0 atom stereocenters. The van der Waals surface area contributed by atoms with Crippen molar-refractivity contribution < 1.29 is 26.7 Å². The number of alkyl halides is 3. The van der Waals surface area contributed by atoms with Crippen LogP contribution in [0.1, 0.15) is 11.1 Å². The summed E-state index contributed by atoms with van der Waals surface area (Å²) >= 11 is 0. The second-order valence-corrected chi connectivity index (χ2v) is 7.90. The van der Waals surface area contributed by atoms with Crippen molar-refractivity contribution in [2.24, 2.45) is 0 Å². The van der Waals surface area contributed by atoms with Crippen molar-refractivity contribution in [3.05, 3.63) is 114 Å². The first-order chi connectivity index (χ1) is 16.8. The molecule has 0 aliphatic heterocycles. The van der Waals surface area contributed by atoms with Gasteiger partial charge in [0.05, 0.1) is 17.8 Å². The van der Waals surface area contributed by atoms with Crippen LogP contribution in [0, 0.1) is 11.6 Å². The first-order valence-electron chi connectivity index (χ1n) is 10.6.